The van der Waals surface area contributed by atoms with Gasteiger partial charge in [0, 0.05) is 18.1 Å². The summed E-state index contributed by atoms with van der Waals surface area (Å²) in [5, 5.41) is 21.6. The lowest BCUT2D eigenvalue weighted by molar-refractivity contribution is -0.394. The van der Waals surface area contributed by atoms with Crippen molar-refractivity contribution in [1.29, 1.82) is 0 Å². The number of hydrogen-bond acceptors (Lipinski definition) is 4. The van der Waals surface area contributed by atoms with Crippen molar-refractivity contribution in [3.05, 3.63) is 86.3 Å². The van der Waals surface area contributed by atoms with E-state index in [9.17, 15) is 20.2 Å². The second-order valence-corrected chi connectivity index (χ2v) is 3.81. The van der Waals surface area contributed by atoms with Gasteiger partial charge in [0.05, 0.1) is 15.9 Å². The number of hydrogen-bond donors (Lipinski definition) is 0. The van der Waals surface area contributed by atoms with Crippen molar-refractivity contribution in [3.63, 3.8) is 0 Å². The molecule has 95 valence electrons. The summed E-state index contributed by atoms with van der Waals surface area (Å²) in [7, 11) is 0. The van der Waals surface area contributed by atoms with Crippen molar-refractivity contribution in [2.24, 2.45) is 0 Å². The van der Waals surface area contributed by atoms with Crippen LogP contribution >= 0.6 is 0 Å². The Morgan fingerprint density at radius 1 is 0.895 bits per heavy atom. The summed E-state index contributed by atoms with van der Waals surface area (Å²) in [4.78, 5) is 20.3. The first-order chi connectivity index (χ1) is 9.08. The van der Waals surface area contributed by atoms with Crippen LogP contribution in [0.1, 0.15) is 11.1 Å². The maximum absolute atomic E-state index is 10.9. The molecule has 2 aromatic carbocycles. The summed E-state index contributed by atoms with van der Waals surface area (Å²) in [5.74, 6) is 0. The first kappa shape index (κ1) is 12.7. The molecule has 0 bridgehead atoms. The first-order valence-corrected chi connectivity index (χ1v) is 5.40. The molecule has 2 aromatic rings. The minimum Gasteiger partial charge on any atom is -0.258 e. The van der Waals surface area contributed by atoms with Crippen molar-refractivity contribution < 1.29 is 9.85 Å². The Kier molecular flexibility index (Phi) is 3.51. The van der Waals surface area contributed by atoms with Gasteiger partial charge in [-0.2, -0.15) is 0 Å². The predicted molar refractivity (Wildman–Crippen MR) is 68.7 cm³/mol. The maximum Gasteiger partial charge on any atom is 0.280 e. The third-order valence-corrected chi connectivity index (χ3v) is 2.54. The second kappa shape index (κ2) is 5.26. The van der Waals surface area contributed by atoms with Crippen LogP contribution in [0.4, 0.5) is 11.4 Å². The van der Waals surface area contributed by atoms with Gasteiger partial charge in [0.1, 0.15) is 0 Å². The Bertz CT molecular complexity index is 626. The molecule has 19 heavy (non-hydrogen) atoms. The Morgan fingerprint density at radius 2 is 1.58 bits per heavy atom. The van der Waals surface area contributed by atoms with Crippen molar-refractivity contribution >= 4 is 11.4 Å². The number of benzene rings is 2. The van der Waals surface area contributed by atoms with Gasteiger partial charge < -0.3 is 0 Å². The van der Waals surface area contributed by atoms with Crippen LogP contribution < -0.4 is 0 Å². The average molecular weight is 257 g/mol. The molecule has 0 heterocycles. The normalized spacial score (nSPS) is 10.1. The van der Waals surface area contributed by atoms with E-state index >= 15 is 0 Å². The van der Waals surface area contributed by atoms with Gasteiger partial charge in [0.25, 0.3) is 11.4 Å². The highest BCUT2D eigenvalue weighted by molar-refractivity contribution is 5.55. The summed E-state index contributed by atoms with van der Waals surface area (Å²) in [6.45, 7) is 0. The van der Waals surface area contributed by atoms with Gasteiger partial charge in [-0.3, -0.25) is 20.2 Å². The molecule has 0 saturated heterocycles. The minimum atomic E-state index is -0.653. The third kappa shape index (κ3) is 2.92. The van der Waals surface area contributed by atoms with Crippen LogP contribution in [0.15, 0.2) is 48.5 Å². The van der Waals surface area contributed by atoms with Crippen molar-refractivity contribution in [3.8, 4) is 0 Å². The smallest absolute Gasteiger partial charge is 0.258 e. The van der Waals surface area contributed by atoms with Crippen molar-refractivity contribution in [2.45, 2.75) is 0 Å². The fourth-order valence-electron chi connectivity index (χ4n) is 1.65. The van der Waals surface area contributed by atoms with Gasteiger partial charge in [-0.25, -0.2) is 0 Å². The summed E-state index contributed by atoms with van der Waals surface area (Å²) in [6, 6.07) is 12.6. The van der Waals surface area contributed by atoms with E-state index in [-0.39, 0.29) is 11.4 Å². The van der Waals surface area contributed by atoms with E-state index in [1.807, 2.05) is 18.2 Å². The van der Waals surface area contributed by atoms with Gasteiger partial charge in [0.15, 0.2) is 0 Å². The Morgan fingerprint density at radius 3 is 2.16 bits per heavy atom. The quantitative estimate of drug-likeness (QED) is 0.622. The zero-order chi connectivity index (χ0) is 13.8. The highest BCUT2D eigenvalue weighted by Crippen LogP contribution is 2.27. The number of nitrogens with zero attached hydrogens (tertiary/aromatic N) is 2. The topological polar surface area (TPSA) is 86.3 Å². The molecule has 2 rings (SSSR count). The SMILES string of the molecule is O=[N+]([O-])c1ccc([CH]c2ccccc2)c([N+](=O)[O-])c1. The molecule has 6 heteroatoms. The third-order valence-electron chi connectivity index (χ3n) is 2.54. The standard InChI is InChI=1S/C13H9N2O4/c16-14(17)12-7-6-11(13(9-12)15(18)19)8-10-4-2-1-3-5-10/h1-9H. The zero-order valence-corrected chi connectivity index (χ0v) is 9.72. The molecular weight excluding hydrogens is 248 g/mol. The van der Waals surface area contributed by atoms with Gasteiger partial charge >= 0.3 is 0 Å². The summed E-state index contributed by atoms with van der Waals surface area (Å²) in [6.07, 6.45) is 1.61. The molecule has 0 spiro atoms. The number of nitro groups is 2. The minimum absolute atomic E-state index is 0.280. The number of non-ortho nitro benzene ring substituents is 1. The lowest BCUT2D eigenvalue weighted by Gasteiger charge is -2.02. The van der Waals surface area contributed by atoms with E-state index in [0.29, 0.717) is 5.56 Å². The molecule has 0 aromatic heterocycles. The van der Waals surface area contributed by atoms with E-state index in [2.05, 4.69) is 0 Å². The highest BCUT2D eigenvalue weighted by atomic mass is 16.6. The molecule has 0 aliphatic carbocycles. The molecule has 0 N–H and O–H groups in total. The lowest BCUT2D eigenvalue weighted by Crippen LogP contribution is -1.97. The molecule has 0 aliphatic rings. The van der Waals surface area contributed by atoms with Crippen LogP contribution in [0.5, 0.6) is 0 Å². The van der Waals surface area contributed by atoms with Crippen LogP contribution in [0, 0.1) is 26.6 Å². The molecule has 0 fully saturated rings. The van der Waals surface area contributed by atoms with E-state index < -0.39 is 9.85 Å². The molecule has 0 unspecified atom stereocenters. The molecule has 0 atom stereocenters. The predicted octanol–water partition coefficient (Wildman–Crippen LogP) is 3.10. The van der Waals surface area contributed by atoms with E-state index in [1.165, 1.54) is 12.1 Å². The fraction of sp³-hybridized carbons (Fsp3) is 0. The first-order valence-electron chi connectivity index (χ1n) is 5.40. The van der Waals surface area contributed by atoms with Crippen LogP contribution in [-0.2, 0) is 0 Å². The maximum atomic E-state index is 10.9. The zero-order valence-electron chi connectivity index (χ0n) is 9.72. The van der Waals surface area contributed by atoms with Crippen LogP contribution in [0.2, 0.25) is 0 Å². The average Bonchev–Trinajstić information content (AvgIpc) is 2.39. The Labute approximate surface area is 108 Å². The highest BCUT2D eigenvalue weighted by Gasteiger charge is 2.19. The molecule has 0 saturated carbocycles. The Hall–Kier alpha value is -2.76. The van der Waals surface area contributed by atoms with Crippen molar-refractivity contribution in [1.82, 2.24) is 0 Å². The molecule has 0 aliphatic heterocycles. The van der Waals surface area contributed by atoms with Crippen molar-refractivity contribution in [2.75, 3.05) is 0 Å². The van der Waals surface area contributed by atoms with E-state index in [4.69, 9.17) is 0 Å². The van der Waals surface area contributed by atoms with Crippen LogP contribution in [-0.4, -0.2) is 9.85 Å². The molecule has 1 radical (unpaired) electrons. The van der Waals surface area contributed by atoms with Gasteiger partial charge in [-0.15, -0.1) is 0 Å². The van der Waals surface area contributed by atoms with Crippen LogP contribution in [0.25, 0.3) is 0 Å². The Balaban J connectivity index is 2.40. The van der Waals surface area contributed by atoms with E-state index in [0.717, 1.165) is 11.6 Å². The second-order valence-electron chi connectivity index (χ2n) is 3.81. The molecule has 0 amide bonds. The van der Waals surface area contributed by atoms with Gasteiger partial charge in [-0.1, -0.05) is 30.3 Å². The molecular formula is C13H9N2O4. The molecule has 6 nitrogen and oxygen atoms in total. The largest absolute Gasteiger partial charge is 0.280 e. The lowest BCUT2D eigenvalue weighted by atomic mass is 10.0. The van der Waals surface area contributed by atoms with Gasteiger partial charge in [0.2, 0.25) is 0 Å². The summed E-state index contributed by atoms with van der Waals surface area (Å²) >= 11 is 0. The number of nitro benzene ring substituents is 2. The van der Waals surface area contributed by atoms with Crippen LogP contribution in [0.3, 0.4) is 0 Å². The van der Waals surface area contributed by atoms with Gasteiger partial charge in [-0.05, 0) is 11.6 Å². The summed E-state index contributed by atoms with van der Waals surface area (Å²) in [5.41, 5.74) is 0.552. The summed E-state index contributed by atoms with van der Waals surface area (Å²) < 4.78 is 0. The fourth-order valence-corrected chi connectivity index (χ4v) is 1.65. The number of rotatable bonds is 4. The monoisotopic (exact) mass is 257 g/mol. The van der Waals surface area contributed by atoms with E-state index in [1.54, 1.807) is 18.6 Å².